The van der Waals surface area contributed by atoms with Crippen LogP contribution in [0.25, 0.3) is 0 Å². The molecular formula is C9H15N3O. The SMILES string of the molecule is CC(C=N)C(C)(C)c1cc(N)on1. The highest BCUT2D eigenvalue weighted by atomic mass is 16.5. The molecule has 0 bridgehead atoms. The lowest BCUT2D eigenvalue weighted by Gasteiger charge is -2.25. The zero-order valence-corrected chi connectivity index (χ0v) is 8.16. The van der Waals surface area contributed by atoms with Crippen molar-refractivity contribution in [3.63, 3.8) is 0 Å². The fraction of sp³-hybridized carbons (Fsp3) is 0.556. The molecule has 4 nitrogen and oxygen atoms in total. The van der Waals surface area contributed by atoms with Crippen LogP contribution in [0.5, 0.6) is 0 Å². The molecule has 0 aliphatic heterocycles. The number of nitrogens with zero attached hydrogens (tertiary/aromatic N) is 1. The van der Waals surface area contributed by atoms with E-state index in [9.17, 15) is 0 Å². The van der Waals surface area contributed by atoms with E-state index >= 15 is 0 Å². The van der Waals surface area contributed by atoms with Gasteiger partial charge in [-0.3, -0.25) is 0 Å². The second kappa shape index (κ2) is 3.20. The lowest BCUT2D eigenvalue weighted by atomic mass is 9.78. The van der Waals surface area contributed by atoms with Gasteiger partial charge in [0.2, 0.25) is 5.88 Å². The molecule has 0 aliphatic rings. The maximum atomic E-state index is 7.21. The number of nitrogens with one attached hydrogen (secondary N) is 1. The minimum absolute atomic E-state index is 0.108. The van der Waals surface area contributed by atoms with E-state index in [1.807, 2.05) is 20.8 Å². The van der Waals surface area contributed by atoms with E-state index in [-0.39, 0.29) is 11.3 Å². The highest BCUT2D eigenvalue weighted by Gasteiger charge is 2.29. The van der Waals surface area contributed by atoms with E-state index in [0.29, 0.717) is 5.88 Å². The molecule has 13 heavy (non-hydrogen) atoms. The Kier molecular flexibility index (Phi) is 2.40. The zero-order valence-electron chi connectivity index (χ0n) is 8.16. The van der Waals surface area contributed by atoms with Crippen molar-refractivity contribution in [2.45, 2.75) is 26.2 Å². The molecule has 0 aromatic carbocycles. The number of aromatic nitrogens is 1. The lowest BCUT2D eigenvalue weighted by molar-refractivity contribution is 0.367. The molecule has 1 unspecified atom stereocenters. The van der Waals surface area contributed by atoms with Gasteiger partial charge in [-0.25, -0.2) is 0 Å². The third-order valence-corrected chi connectivity index (χ3v) is 2.58. The van der Waals surface area contributed by atoms with Gasteiger partial charge < -0.3 is 15.7 Å². The van der Waals surface area contributed by atoms with Crippen molar-refractivity contribution in [2.24, 2.45) is 5.92 Å². The van der Waals surface area contributed by atoms with Gasteiger partial charge in [0.05, 0.1) is 5.69 Å². The monoisotopic (exact) mass is 181 g/mol. The Hall–Kier alpha value is -1.32. The van der Waals surface area contributed by atoms with E-state index in [4.69, 9.17) is 15.7 Å². The van der Waals surface area contributed by atoms with Gasteiger partial charge in [0, 0.05) is 17.4 Å². The third kappa shape index (κ3) is 1.71. The molecule has 0 amide bonds. The molecule has 1 heterocycles. The fourth-order valence-corrected chi connectivity index (χ4v) is 1.03. The summed E-state index contributed by atoms with van der Waals surface area (Å²) in [6.07, 6.45) is 1.41. The van der Waals surface area contributed by atoms with Crippen LogP contribution in [0.15, 0.2) is 10.6 Å². The van der Waals surface area contributed by atoms with E-state index in [1.54, 1.807) is 6.07 Å². The molecule has 4 heteroatoms. The second-order valence-corrected chi connectivity index (χ2v) is 3.79. The third-order valence-electron chi connectivity index (χ3n) is 2.58. The number of nitrogen functional groups attached to an aromatic ring is 1. The molecule has 0 spiro atoms. The largest absolute Gasteiger partial charge is 0.368 e. The normalized spacial score (nSPS) is 14.1. The van der Waals surface area contributed by atoms with Crippen LogP contribution in [0.3, 0.4) is 0 Å². The van der Waals surface area contributed by atoms with Gasteiger partial charge in [0.15, 0.2) is 0 Å². The van der Waals surface area contributed by atoms with Gasteiger partial charge >= 0.3 is 0 Å². The second-order valence-electron chi connectivity index (χ2n) is 3.79. The Labute approximate surface area is 77.6 Å². The minimum Gasteiger partial charge on any atom is -0.368 e. The number of hydrogen-bond acceptors (Lipinski definition) is 4. The molecule has 72 valence electrons. The molecule has 1 atom stereocenters. The molecule has 0 saturated carbocycles. The molecule has 0 fully saturated rings. The lowest BCUT2D eigenvalue weighted by Crippen LogP contribution is -2.27. The van der Waals surface area contributed by atoms with Crippen LogP contribution < -0.4 is 5.73 Å². The van der Waals surface area contributed by atoms with Crippen LogP contribution in [-0.4, -0.2) is 11.4 Å². The van der Waals surface area contributed by atoms with Crippen LogP contribution >= 0.6 is 0 Å². The summed E-state index contributed by atoms with van der Waals surface area (Å²) in [7, 11) is 0. The van der Waals surface area contributed by atoms with Crippen LogP contribution in [0.4, 0.5) is 5.88 Å². The van der Waals surface area contributed by atoms with Crippen molar-refractivity contribution in [3.8, 4) is 0 Å². The Morgan fingerprint density at radius 2 is 2.31 bits per heavy atom. The van der Waals surface area contributed by atoms with E-state index < -0.39 is 0 Å². The quantitative estimate of drug-likeness (QED) is 0.698. The summed E-state index contributed by atoms with van der Waals surface area (Å²) in [5.74, 6) is 0.428. The predicted molar refractivity (Wildman–Crippen MR) is 51.9 cm³/mol. The molecule has 1 aromatic heterocycles. The van der Waals surface area contributed by atoms with Crippen molar-refractivity contribution in [1.29, 1.82) is 5.41 Å². The zero-order chi connectivity index (χ0) is 10.1. The average molecular weight is 181 g/mol. The summed E-state index contributed by atoms with van der Waals surface area (Å²) in [6, 6.07) is 1.71. The number of hydrogen-bond donors (Lipinski definition) is 2. The number of anilines is 1. The average Bonchev–Trinajstić information content (AvgIpc) is 2.50. The first kappa shape index (κ1) is 9.77. The van der Waals surface area contributed by atoms with Crippen molar-refractivity contribution in [3.05, 3.63) is 11.8 Å². The van der Waals surface area contributed by atoms with E-state index in [1.165, 1.54) is 6.21 Å². The molecule has 0 radical (unpaired) electrons. The Bertz CT molecular complexity index is 304. The maximum Gasteiger partial charge on any atom is 0.222 e. The fourth-order valence-electron chi connectivity index (χ4n) is 1.03. The van der Waals surface area contributed by atoms with Crippen molar-refractivity contribution < 1.29 is 4.52 Å². The van der Waals surface area contributed by atoms with Gasteiger partial charge in [-0.1, -0.05) is 25.9 Å². The summed E-state index contributed by atoms with van der Waals surface area (Å²) in [5.41, 5.74) is 6.02. The molecule has 3 N–H and O–H groups in total. The van der Waals surface area contributed by atoms with E-state index in [0.717, 1.165) is 5.69 Å². The number of nitrogens with two attached hydrogens (primary N) is 1. The molecule has 1 aromatic rings. The molecular weight excluding hydrogens is 166 g/mol. The summed E-state index contributed by atoms with van der Waals surface area (Å²) in [4.78, 5) is 0. The molecule has 0 aliphatic carbocycles. The van der Waals surface area contributed by atoms with Crippen molar-refractivity contribution >= 4 is 12.1 Å². The van der Waals surface area contributed by atoms with Crippen LogP contribution in [-0.2, 0) is 5.41 Å². The topological polar surface area (TPSA) is 75.9 Å². The highest BCUT2D eigenvalue weighted by molar-refractivity contribution is 5.59. The summed E-state index contributed by atoms with van der Waals surface area (Å²) < 4.78 is 4.80. The van der Waals surface area contributed by atoms with E-state index in [2.05, 4.69) is 5.16 Å². The predicted octanol–water partition coefficient (Wildman–Crippen LogP) is 1.82. The van der Waals surface area contributed by atoms with Gasteiger partial charge in [0.25, 0.3) is 0 Å². The Morgan fingerprint density at radius 1 is 1.69 bits per heavy atom. The Morgan fingerprint density at radius 3 is 2.69 bits per heavy atom. The molecule has 1 rings (SSSR count). The first-order valence-corrected chi connectivity index (χ1v) is 4.21. The van der Waals surface area contributed by atoms with Crippen LogP contribution in [0.2, 0.25) is 0 Å². The maximum absolute atomic E-state index is 7.21. The minimum atomic E-state index is -0.205. The van der Waals surface area contributed by atoms with Crippen LogP contribution in [0, 0.1) is 11.3 Å². The summed E-state index contributed by atoms with van der Waals surface area (Å²) in [6.45, 7) is 6.00. The molecule has 0 saturated heterocycles. The van der Waals surface area contributed by atoms with Gasteiger partial charge in [-0.2, -0.15) is 0 Å². The summed E-state index contributed by atoms with van der Waals surface area (Å²) >= 11 is 0. The van der Waals surface area contributed by atoms with Gasteiger partial charge in [-0.05, 0) is 6.21 Å². The van der Waals surface area contributed by atoms with Crippen LogP contribution in [0.1, 0.15) is 26.5 Å². The Balaban J connectivity index is 2.99. The first-order valence-electron chi connectivity index (χ1n) is 4.21. The van der Waals surface area contributed by atoms with Crippen molar-refractivity contribution in [2.75, 3.05) is 5.73 Å². The highest BCUT2D eigenvalue weighted by Crippen LogP contribution is 2.30. The van der Waals surface area contributed by atoms with Gasteiger partial charge in [-0.15, -0.1) is 0 Å². The standard InChI is InChI=1S/C9H15N3O/c1-6(5-10)9(2,3)7-4-8(11)13-12-7/h4-6,10H,11H2,1-3H3. The summed E-state index contributed by atoms with van der Waals surface area (Å²) in [5, 5.41) is 11.1. The number of rotatable bonds is 3. The first-order chi connectivity index (χ1) is 5.98. The van der Waals surface area contributed by atoms with Gasteiger partial charge in [0.1, 0.15) is 0 Å². The smallest absolute Gasteiger partial charge is 0.222 e. The van der Waals surface area contributed by atoms with Crippen molar-refractivity contribution in [1.82, 2.24) is 5.16 Å².